The molecule has 2 aromatic rings. The van der Waals surface area contributed by atoms with Crippen LogP contribution >= 0.6 is 0 Å². The second-order valence-electron chi connectivity index (χ2n) is 3.88. The van der Waals surface area contributed by atoms with Gasteiger partial charge in [0.05, 0.1) is 4.90 Å². The number of sulfonamides is 1. The van der Waals surface area contributed by atoms with Crippen LogP contribution in [0.25, 0.3) is 0 Å². The van der Waals surface area contributed by atoms with Gasteiger partial charge in [0.15, 0.2) is 0 Å². The zero-order chi connectivity index (χ0) is 13.7. The Kier molecular flexibility index (Phi) is 4.01. The van der Waals surface area contributed by atoms with Gasteiger partial charge in [-0.25, -0.2) is 13.4 Å². The fourth-order valence-corrected chi connectivity index (χ4v) is 2.58. The minimum atomic E-state index is -3.59. The highest BCUT2D eigenvalue weighted by atomic mass is 32.2. The van der Waals surface area contributed by atoms with Crippen LogP contribution in [0.15, 0.2) is 53.6 Å². The van der Waals surface area contributed by atoms with Gasteiger partial charge in [0.2, 0.25) is 0 Å². The van der Waals surface area contributed by atoms with E-state index in [0.717, 1.165) is 12.2 Å². The number of hydrogen-bond donors (Lipinski definition) is 2. The van der Waals surface area contributed by atoms with Gasteiger partial charge in [-0.1, -0.05) is 6.07 Å². The van der Waals surface area contributed by atoms with Crippen molar-refractivity contribution < 1.29 is 8.42 Å². The lowest BCUT2D eigenvalue weighted by Crippen LogP contribution is -2.13. The van der Waals surface area contributed by atoms with Crippen molar-refractivity contribution in [2.75, 3.05) is 16.6 Å². The zero-order valence-electron chi connectivity index (χ0n) is 10.5. The molecule has 100 valence electrons. The molecule has 0 fully saturated rings. The molecule has 1 heterocycles. The van der Waals surface area contributed by atoms with E-state index < -0.39 is 10.0 Å². The number of aromatic nitrogens is 1. The van der Waals surface area contributed by atoms with Crippen molar-refractivity contribution in [2.45, 2.75) is 11.8 Å². The third-order valence-electron chi connectivity index (χ3n) is 2.45. The normalized spacial score (nSPS) is 11.0. The number of pyridine rings is 1. The summed E-state index contributed by atoms with van der Waals surface area (Å²) < 4.78 is 26.6. The summed E-state index contributed by atoms with van der Waals surface area (Å²) in [6.45, 7) is 2.77. The lowest BCUT2D eigenvalue weighted by Gasteiger charge is -2.08. The van der Waals surface area contributed by atoms with Gasteiger partial charge in [-0.05, 0) is 43.3 Å². The molecular weight excluding hydrogens is 262 g/mol. The van der Waals surface area contributed by atoms with Crippen LogP contribution < -0.4 is 10.0 Å². The van der Waals surface area contributed by atoms with Gasteiger partial charge in [-0.15, -0.1) is 0 Å². The van der Waals surface area contributed by atoms with Crippen LogP contribution in [-0.4, -0.2) is 19.9 Å². The van der Waals surface area contributed by atoms with E-state index >= 15 is 0 Å². The fourth-order valence-electron chi connectivity index (χ4n) is 1.58. The van der Waals surface area contributed by atoms with E-state index in [9.17, 15) is 8.42 Å². The summed E-state index contributed by atoms with van der Waals surface area (Å²) in [5.41, 5.74) is 0.888. The third kappa shape index (κ3) is 3.45. The van der Waals surface area contributed by atoms with Crippen molar-refractivity contribution >= 4 is 21.5 Å². The van der Waals surface area contributed by atoms with Gasteiger partial charge in [0.25, 0.3) is 10.0 Å². The average molecular weight is 277 g/mol. The van der Waals surface area contributed by atoms with Crippen molar-refractivity contribution in [1.82, 2.24) is 4.98 Å². The van der Waals surface area contributed by atoms with Crippen LogP contribution in [0.2, 0.25) is 0 Å². The molecular formula is C13H15N3O2S. The van der Waals surface area contributed by atoms with Crippen LogP contribution in [0.3, 0.4) is 0 Å². The zero-order valence-corrected chi connectivity index (χ0v) is 11.3. The van der Waals surface area contributed by atoms with E-state index in [1.807, 2.05) is 6.92 Å². The molecule has 2 rings (SSSR count). The van der Waals surface area contributed by atoms with Gasteiger partial charge in [0, 0.05) is 18.4 Å². The summed E-state index contributed by atoms with van der Waals surface area (Å²) >= 11 is 0. The molecule has 0 atom stereocenters. The molecule has 0 saturated carbocycles. The lowest BCUT2D eigenvalue weighted by molar-refractivity contribution is 0.601. The minimum Gasteiger partial charge on any atom is -0.385 e. The van der Waals surface area contributed by atoms with Gasteiger partial charge in [-0.3, -0.25) is 4.72 Å². The van der Waals surface area contributed by atoms with E-state index in [-0.39, 0.29) is 4.90 Å². The molecule has 0 spiro atoms. The number of nitrogens with zero attached hydrogens (tertiary/aromatic N) is 1. The van der Waals surface area contributed by atoms with Crippen molar-refractivity contribution in [3.05, 3.63) is 48.7 Å². The lowest BCUT2D eigenvalue weighted by atomic mass is 10.3. The van der Waals surface area contributed by atoms with Crippen LogP contribution in [-0.2, 0) is 10.0 Å². The molecule has 1 aromatic carbocycles. The molecule has 0 aliphatic heterocycles. The standard InChI is InChI=1S/C13H15N3O2S/c1-2-14-11-6-8-12(9-7-11)19(17,18)16-13-5-3-4-10-15-13/h3-10,14H,2H2,1H3,(H,15,16). The molecule has 6 heteroatoms. The molecule has 0 aliphatic carbocycles. The quantitative estimate of drug-likeness (QED) is 0.879. The Bertz CT molecular complexity index is 625. The van der Waals surface area contributed by atoms with Crippen LogP contribution in [0.4, 0.5) is 11.5 Å². The van der Waals surface area contributed by atoms with E-state index in [0.29, 0.717) is 5.82 Å². The Balaban J connectivity index is 2.20. The maximum atomic E-state index is 12.1. The number of nitrogens with one attached hydrogen (secondary N) is 2. The van der Waals surface area contributed by atoms with Crippen molar-refractivity contribution in [3.63, 3.8) is 0 Å². The van der Waals surface area contributed by atoms with E-state index in [2.05, 4.69) is 15.0 Å². The summed E-state index contributed by atoms with van der Waals surface area (Å²) in [6, 6.07) is 11.6. The Hall–Kier alpha value is -2.08. The third-order valence-corrected chi connectivity index (χ3v) is 3.82. The first-order valence-electron chi connectivity index (χ1n) is 5.89. The number of hydrogen-bond acceptors (Lipinski definition) is 4. The van der Waals surface area contributed by atoms with Crippen molar-refractivity contribution in [2.24, 2.45) is 0 Å². The molecule has 0 aliphatic rings. The highest BCUT2D eigenvalue weighted by molar-refractivity contribution is 7.92. The highest BCUT2D eigenvalue weighted by Crippen LogP contribution is 2.16. The van der Waals surface area contributed by atoms with Crippen LogP contribution in [0, 0.1) is 0 Å². The Morgan fingerprint density at radius 1 is 1.11 bits per heavy atom. The molecule has 1 aromatic heterocycles. The minimum absolute atomic E-state index is 0.208. The van der Waals surface area contributed by atoms with Crippen LogP contribution in [0.5, 0.6) is 0 Å². The Labute approximate surface area is 112 Å². The SMILES string of the molecule is CCNc1ccc(S(=O)(=O)Nc2ccccn2)cc1. The van der Waals surface area contributed by atoms with E-state index in [4.69, 9.17) is 0 Å². The summed E-state index contributed by atoms with van der Waals surface area (Å²) in [5, 5.41) is 3.11. The maximum Gasteiger partial charge on any atom is 0.263 e. The predicted octanol–water partition coefficient (Wildman–Crippen LogP) is 2.31. The van der Waals surface area contributed by atoms with Gasteiger partial charge >= 0.3 is 0 Å². The molecule has 0 unspecified atom stereocenters. The molecule has 0 radical (unpaired) electrons. The number of benzene rings is 1. The van der Waals surface area contributed by atoms with Crippen LogP contribution in [0.1, 0.15) is 6.92 Å². The van der Waals surface area contributed by atoms with E-state index in [1.54, 1.807) is 42.5 Å². The second kappa shape index (κ2) is 5.71. The number of anilines is 2. The average Bonchev–Trinajstić information content (AvgIpc) is 2.40. The smallest absolute Gasteiger partial charge is 0.263 e. The fraction of sp³-hybridized carbons (Fsp3) is 0.154. The summed E-state index contributed by atoms with van der Waals surface area (Å²) in [6.07, 6.45) is 1.53. The topological polar surface area (TPSA) is 71.1 Å². The second-order valence-corrected chi connectivity index (χ2v) is 5.56. The first-order valence-corrected chi connectivity index (χ1v) is 7.38. The van der Waals surface area contributed by atoms with Crippen molar-refractivity contribution in [3.8, 4) is 0 Å². The largest absolute Gasteiger partial charge is 0.385 e. The predicted molar refractivity (Wildman–Crippen MR) is 75.7 cm³/mol. The van der Waals surface area contributed by atoms with E-state index in [1.165, 1.54) is 6.20 Å². The van der Waals surface area contributed by atoms with Crippen molar-refractivity contribution in [1.29, 1.82) is 0 Å². The summed E-state index contributed by atoms with van der Waals surface area (Å²) in [4.78, 5) is 4.14. The monoisotopic (exact) mass is 277 g/mol. The molecule has 5 nitrogen and oxygen atoms in total. The first-order chi connectivity index (χ1) is 9.12. The highest BCUT2D eigenvalue weighted by Gasteiger charge is 2.14. The Morgan fingerprint density at radius 3 is 2.42 bits per heavy atom. The van der Waals surface area contributed by atoms with Gasteiger partial charge in [0.1, 0.15) is 5.82 Å². The molecule has 19 heavy (non-hydrogen) atoms. The molecule has 0 amide bonds. The molecule has 2 N–H and O–H groups in total. The first kappa shape index (κ1) is 13.4. The number of rotatable bonds is 5. The Morgan fingerprint density at radius 2 is 1.84 bits per heavy atom. The maximum absolute atomic E-state index is 12.1. The van der Waals surface area contributed by atoms with Gasteiger partial charge < -0.3 is 5.32 Å². The summed E-state index contributed by atoms with van der Waals surface area (Å²) in [5.74, 6) is 0.304. The summed E-state index contributed by atoms with van der Waals surface area (Å²) in [7, 11) is -3.59. The van der Waals surface area contributed by atoms with Gasteiger partial charge in [-0.2, -0.15) is 0 Å². The molecule has 0 bridgehead atoms. The molecule has 0 saturated heterocycles.